The highest BCUT2D eigenvalue weighted by Crippen LogP contribution is 2.35. The van der Waals surface area contributed by atoms with Crippen molar-refractivity contribution in [2.45, 2.75) is 12.5 Å². The van der Waals surface area contributed by atoms with E-state index in [1.165, 1.54) is 6.07 Å². The smallest absolute Gasteiger partial charge is 0.307 e. The molecule has 36 heavy (non-hydrogen) atoms. The number of aliphatic carboxylic acids is 1. The minimum atomic E-state index is -1.43. The van der Waals surface area contributed by atoms with E-state index >= 15 is 0 Å². The molecule has 1 atom stereocenters. The van der Waals surface area contributed by atoms with Gasteiger partial charge in [0.15, 0.2) is 11.6 Å². The molecule has 0 radical (unpaired) electrons. The Morgan fingerprint density at radius 2 is 1.92 bits per heavy atom. The quantitative estimate of drug-likeness (QED) is 0.460. The van der Waals surface area contributed by atoms with Crippen molar-refractivity contribution in [1.29, 1.82) is 0 Å². The first-order valence-corrected chi connectivity index (χ1v) is 11.1. The van der Waals surface area contributed by atoms with Gasteiger partial charge in [-0.25, -0.2) is 8.78 Å². The number of carboxylic acid groups (broad SMARTS) is 1. The summed E-state index contributed by atoms with van der Waals surface area (Å²) in [5, 5.41) is 11.7. The third-order valence-corrected chi connectivity index (χ3v) is 5.70. The van der Waals surface area contributed by atoms with Crippen molar-refractivity contribution in [3.05, 3.63) is 82.1 Å². The molecule has 0 spiro atoms. The van der Waals surface area contributed by atoms with Gasteiger partial charge in [0, 0.05) is 23.3 Å². The van der Waals surface area contributed by atoms with Crippen molar-refractivity contribution in [2.75, 3.05) is 30.4 Å². The Morgan fingerprint density at radius 3 is 2.67 bits per heavy atom. The van der Waals surface area contributed by atoms with Crippen LogP contribution in [-0.4, -0.2) is 43.3 Å². The highest BCUT2D eigenvalue weighted by molar-refractivity contribution is 6.31. The molecule has 0 fully saturated rings. The Labute approximate surface area is 209 Å². The number of carbonyl (C=O) groups excluding carboxylic acids is 1. The van der Waals surface area contributed by atoms with Crippen LogP contribution in [0, 0.1) is 17.5 Å². The number of anilines is 2. The minimum Gasteiger partial charge on any atom is -0.486 e. The first-order valence-electron chi connectivity index (χ1n) is 10.7. The molecule has 1 aliphatic heterocycles. The maximum absolute atomic E-state index is 14.7. The SMILES string of the molecule is CN1C[C@@H](COc2ccc(C(=O)Nc3ccc(F)c(CC(=O)O)c3)c(F)c2F)Oc2ccc(Cl)cc21. The average molecular weight is 521 g/mol. The van der Waals surface area contributed by atoms with Gasteiger partial charge < -0.3 is 24.8 Å². The maximum atomic E-state index is 14.7. The third kappa shape index (κ3) is 5.49. The number of rotatable bonds is 7. The molecule has 0 unspecified atom stereocenters. The first kappa shape index (κ1) is 25.2. The van der Waals surface area contributed by atoms with Gasteiger partial charge in [-0.2, -0.15) is 4.39 Å². The van der Waals surface area contributed by atoms with Crippen LogP contribution >= 0.6 is 11.6 Å². The minimum absolute atomic E-state index is 0.0259. The van der Waals surface area contributed by atoms with Gasteiger partial charge in [-0.3, -0.25) is 9.59 Å². The summed E-state index contributed by atoms with van der Waals surface area (Å²) >= 11 is 6.01. The molecular formula is C25H20ClF3N2O5. The van der Waals surface area contributed by atoms with Crippen LogP contribution in [0.5, 0.6) is 11.5 Å². The number of carbonyl (C=O) groups is 2. The summed E-state index contributed by atoms with van der Waals surface area (Å²) < 4.78 is 54.4. The summed E-state index contributed by atoms with van der Waals surface area (Å²) in [5.74, 6) is -5.65. The van der Waals surface area contributed by atoms with Crippen LogP contribution in [0.3, 0.4) is 0 Å². The molecule has 1 amide bonds. The molecule has 0 aromatic heterocycles. The van der Waals surface area contributed by atoms with E-state index in [0.29, 0.717) is 17.3 Å². The van der Waals surface area contributed by atoms with Crippen LogP contribution in [0.2, 0.25) is 5.02 Å². The molecule has 7 nitrogen and oxygen atoms in total. The van der Waals surface area contributed by atoms with Crippen LogP contribution in [0.1, 0.15) is 15.9 Å². The molecule has 0 saturated carbocycles. The van der Waals surface area contributed by atoms with E-state index in [1.54, 1.807) is 18.2 Å². The second-order valence-corrected chi connectivity index (χ2v) is 8.55. The van der Waals surface area contributed by atoms with E-state index in [2.05, 4.69) is 5.32 Å². The zero-order valence-corrected chi connectivity index (χ0v) is 19.6. The summed E-state index contributed by atoms with van der Waals surface area (Å²) in [4.78, 5) is 25.3. The number of nitrogens with one attached hydrogen (secondary N) is 1. The topological polar surface area (TPSA) is 88.1 Å². The number of carboxylic acids is 1. The lowest BCUT2D eigenvalue weighted by atomic mass is 10.1. The van der Waals surface area contributed by atoms with Crippen LogP contribution in [0.4, 0.5) is 24.5 Å². The van der Waals surface area contributed by atoms with Gasteiger partial charge in [-0.15, -0.1) is 0 Å². The Morgan fingerprint density at radius 1 is 1.14 bits per heavy atom. The fourth-order valence-electron chi connectivity index (χ4n) is 3.75. The number of halogens is 4. The van der Waals surface area contributed by atoms with Crippen LogP contribution < -0.4 is 19.7 Å². The molecule has 11 heteroatoms. The Balaban J connectivity index is 1.43. The molecule has 1 heterocycles. The molecular weight excluding hydrogens is 501 g/mol. The molecule has 2 N–H and O–H groups in total. The number of nitrogens with zero attached hydrogens (tertiary/aromatic N) is 1. The Bertz CT molecular complexity index is 1340. The molecule has 188 valence electrons. The van der Waals surface area contributed by atoms with E-state index in [-0.39, 0.29) is 17.9 Å². The predicted molar refractivity (Wildman–Crippen MR) is 127 cm³/mol. The lowest BCUT2D eigenvalue weighted by Crippen LogP contribution is -2.41. The van der Waals surface area contributed by atoms with E-state index in [4.69, 9.17) is 26.2 Å². The molecule has 1 aliphatic rings. The van der Waals surface area contributed by atoms with Gasteiger partial charge >= 0.3 is 5.97 Å². The van der Waals surface area contributed by atoms with Crippen molar-refractivity contribution >= 4 is 34.9 Å². The van der Waals surface area contributed by atoms with Gasteiger partial charge in [0.1, 0.15) is 24.3 Å². The van der Waals surface area contributed by atoms with E-state index in [9.17, 15) is 22.8 Å². The second kappa shape index (κ2) is 10.4. The number of hydrogen-bond acceptors (Lipinski definition) is 5. The number of ether oxygens (including phenoxy) is 2. The van der Waals surface area contributed by atoms with Gasteiger partial charge in [0.05, 0.1) is 24.2 Å². The summed E-state index contributed by atoms with van der Waals surface area (Å²) in [5.41, 5.74) is 0.0425. The predicted octanol–water partition coefficient (Wildman–Crippen LogP) is 4.91. The van der Waals surface area contributed by atoms with Crippen LogP contribution in [0.25, 0.3) is 0 Å². The number of hydrogen-bond donors (Lipinski definition) is 2. The zero-order chi connectivity index (χ0) is 26.0. The van der Waals surface area contributed by atoms with E-state index in [0.717, 1.165) is 30.0 Å². The molecule has 3 aromatic rings. The summed E-state index contributed by atoms with van der Waals surface area (Å²) in [6.45, 7) is 0.329. The van der Waals surface area contributed by atoms with Crippen molar-refractivity contribution in [3.63, 3.8) is 0 Å². The summed E-state index contributed by atoms with van der Waals surface area (Å²) in [6, 6.07) is 10.6. The second-order valence-electron chi connectivity index (χ2n) is 8.11. The lowest BCUT2D eigenvalue weighted by Gasteiger charge is -2.33. The van der Waals surface area contributed by atoms with Crippen LogP contribution in [0.15, 0.2) is 48.5 Å². The van der Waals surface area contributed by atoms with Gasteiger partial charge in [0.25, 0.3) is 5.91 Å². The Hall–Kier alpha value is -3.92. The summed E-state index contributed by atoms with van der Waals surface area (Å²) in [6.07, 6.45) is -1.09. The monoisotopic (exact) mass is 520 g/mol. The van der Waals surface area contributed by atoms with Gasteiger partial charge in [-0.05, 0) is 48.5 Å². The van der Waals surface area contributed by atoms with Crippen molar-refractivity contribution in [3.8, 4) is 11.5 Å². The average Bonchev–Trinajstić information content (AvgIpc) is 2.82. The summed E-state index contributed by atoms with van der Waals surface area (Å²) in [7, 11) is 1.84. The maximum Gasteiger partial charge on any atom is 0.307 e. The fourth-order valence-corrected chi connectivity index (χ4v) is 3.91. The van der Waals surface area contributed by atoms with Gasteiger partial charge in [-0.1, -0.05) is 11.6 Å². The number of amides is 1. The third-order valence-electron chi connectivity index (χ3n) is 5.46. The van der Waals surface area contributed by atoms with Gasteiger partial charge in [0.2, 0.25) is 5.82 Å². The van der Waals surface area contributed by atoms with Crippen molar-refractivity contribution in [1.82, 2.24) is 0 Å². The Kier molecular flexibility index (Phi) is 7.25. The fraction of sp³-hybridized carbons (Fsp3) is 0.200. The highest BCUT2D eigenvalue weighted by atomic mass is 35.5. The highest BCUT2D eigenvalue weighted by Gasteiger charge is 2.26. The van der Waals surface area contributed by atoms with Crippen molar-refractivity contribution in [2.24, 2.45) is 0 Å². The van der Waals surface area contributed by atoms with E-state index < -0.39 is 53.2 Å². The normalized spacial score (nSPS) is 14.6. The largest absolute Gasteiger partial charge is 0.486 e. The standard InChI is InChI=1S/C25H20ClF3N2O5/c1-31-11-16(36-20-6-2-14(26)10-19(20)31)12-35-21-7-4-17(23(28)24(21)29)25(34)30-15-3-5-18(27)13(8-15)9-22(32)33/h2-8,10,16H,9,11-12H2,1H3,(H,30,34)(H,32,33)/t16-/m0/s1. The lowest BCUT2D eigenvalue weighted by molar-refractivity contribution is -0.136. The van der Waals surface area contributed by atoms with E-state index in [1.807, 2.05) is 11.9 Å². The zero-order valence-electron chi connectivity index (χ0n) is 18.9. The first-order chi connectivity index (χ1) is 17.1. The molecule has 4 rings (SSSR count). The molecule has 3 aromatic carbocycles. The molecule has 0 aliphatic carbocycles. The number of likely N-dealkylation sites (N-methyl/N-ethyl adjacent to an activating group) is 1. The molecule has 0 saturated heterocycles. The van der Waals surface area contributed by atoms with Crippen LogP contribution in [-0.2, 0) is 11.2 Å². The van der Waals surface area contributed by atoms with Crippen molar-refractivity contribution < 1.29 is 37.3 Å². The number of fused-ring (bicyclic) bond motifs is 1. The number of benzene rings is 3. The molecule has 0 bridgehead atoms.